The molecule has 0 saturated carbocycles. The molecule has 0 bridgehead atoms. The average Bonchev–Trinajstić information content (AvgIpc) is 3.34. The van der Waals surface area contributed by atoms with Crippen molar-refractivity contribution in [2.75, 3.05) is 32.7 Å². The highest BCUT2D eigenvalue weighted by molar-refractivity contribution is 5.87. The second-order valence-electron chi connectivity index (χ2n) is 10.1. The van der Waals surface area contributed by atoms with Crippen LogP contribution in [-0.2, 0) is 6.54 Å². The van der Waals surface area contributed by atoms with Crippen LogP contribution >= 0.6 is 0 Å². The summed E-state index contributed by atoms with van der Waals surface area (Å²) in [4.78, 5) is 5.31. The van der Waals surface area contributed by atoms with E-state index in [2.05, 4.69) is 136 Å². The molecule has 4 aromatic carbocycles. The fraction of sp³-hybridized carbons (Fsp3) is 0.235. The fourth-order valence-electron chi connectivity index (χ4n) is 5.88. The first kappa shape index (κ1) is 23.7. The molecule has 0 N–H and O–H groups in total. The van der Waals surface area contributed by atoms with Gasteiger partial charge in [-0.2, -0.15) is 0 Å². The summed E-state index contributed by atoms with van der Waals surface area (Å²) in [6.45, 7) is 6.60. The number of aryl methyl sites for hydroxylation is 1. The first-order valence-corrected chi connectivity index (χ1v) is 13.6. The molecule has 5 aromatic rings. The third kappa shape index (κ3) is 5.24. The van der Waals surface area contributed by atoms with Crippen LogP contribution < -0.4 is 0 Å². The quantitative estimate of drug-likeness (QED) is 0.232. The predicted octanol–water partition coefficient (Wildman–Crippen LogP) is 7.11. The van der Waals surface area contributed by atoms with Crippen LogP contribution in [0.5, 0.6) is 0 Å². The maximum absolute atomic E-state index is 2.66. The van der Waals surface area contributed by atoms with Crippen molar-refractivity contribution in [1.29, 1.82) is 0 Å². The van der Waals surface area contributed by atoms with Gasteiger partial charge in [-0.1, -0.05) is 109 Å². The van der Waals surface area contributed by atoms with E-state index in [4.69, 9.17) is 0 Å². The van der Waals surface area contributed by atoms with E-state index in [0.29, 0.717) is 6.04 Å². The topological polar surface area (TPSA) is 11.4 Å². The summed E-state index contributed by atoms with van der Waals surface area (Å²) in [5, 5.41) is 1.32. The lowest BCUT2D eigenvalue weighted by molar-refractivity contribution is 0.108. The van der Waals surface area contributed by atoms with Crippen LogP contribution in [0.25, 0.3) is 22.2 Å². The molecule has 6 rings (SSSR count). The SMILES string of the molecule is c1ccc(-c2cc3ccccc3n2CCCN2CCN(C(c3ccccc3)c3ccccc3)CC2)cc1. The molecule has 0 aliphatic carbocycles. The maximum atomic E-state index is 2.66. The Morgan fingerprint density at radius 2 is 1.14 bits per heavy atom. The highest BCUT2D eigenvalue weighted by Crippen LogP contribution is 2.30. The summed E-state index contributed by atoms with van der Waals surface area (Å²) in [5.41, 5.74) is 6.71. The van der Waals surface area contributed by atoms with E-state index < -0.39 is 0 Å². The molecule has 1 fully saturated rings. The monoisotopic (exact) mass is 485 g/mol. The van der Waals surface area contributed by atoms with Gasteiger partial charge in [-0.3, -0.25) is 4.90 Å². The van der Waals surface area contributed by atoms with Crippen molar-refractivity contribution < 1.29 is 0 Å². The molecule has 0 amide bonds. The van der Waals surface area contributed by atoms with Crippen molar-refractivity contribution in [2.45, 2.75) is 19.0 Å². The van der Waals surface area contributed by atoms with Crippen molar-refractivity contribution in [3.8, 4) is 11.3 Å². The van der Waals surface area contributed by atoms with Gasteiger partial charge in [0.15, 0.2) is 0 Å². The summed E-state index contributed by atoms with van der Waals surface area (Å²) in [7, 11) is 0. The average molecular weight is 486 g/mol. The standard InChI is InChI=1S/C34H35N3/c1-4-13-28(14-5-1)33-27-31-19-10-11-20-32(31)37(33)22-12-21-35-23-25-36(26-24-35)34(29-15-6-2-7-16-29)30-17-8-3-9-18-30/h1-11,13-20,27,34H,12,21-26H2. The van der Waals surface area contributed by atoms with Crippen LogP contribution in [0.15, 0.2) is 121 Å². The van der Waals surface area contributed by atoms with Crippen LogP contribution in [-0.4, -0.2) is 47.1 Å². The maximum Gasteiger partial charge on any atom is 0.0602 e. The number of para-hydroxylation sites is 1. The van der Waals surface area contributed by atoms with E-state index in [9.17, 15) is 0 Å². The number of rotatable bonds is 8. The lowest BCUT2D eigenvalue weighted by Crippen LogP contribution is -2.48. The van der Waals surface area contributed by atoms with Gasteiger partial charge in [0.2, 0.25) is 0 Å². The van der Waals surface area contributed by atoms with Crippen LogP contribution in [0.1, 0.15) is 23.6 Å². The number of nitrogens with zero attached hydrogens (tertiary/aromatic N) is 3. The van der Waals surface area contributed by atoms with E-state index in [1.165, 1.54) is 33.3 Å². The van der Waals surface area contributed by atoms with Gasteiger partial charge in [-0.15, -0.1) is 0 Å². The van der Waals surface area contributed by atoms with Gasteiger partial charge in [0.1, 0.15) is 0 Å². The molecule has 1 saturated heterocycles. The van der Waals surface area contributed by atoms with Gasteiger partial charge in [0, 0.05) is 49.3 Å². The predicted molar refractivity (Wildman–Crippen MR) is 155 cm³/mol. The van der Waals surface area contributed by atoms with Crippen molar-refractivity contribution in [1.82, 2.24) is 14.4 Å². The zero-order valence-corrected chi connectivity index (χ0v) is 21.4. The third-order valence-electron chi connectivity index (χ3n) is 7.74. The Morgan fingerprint density at radius 3 is 1.78 bits per heavy atom. The zero-order chi connectivity index (χ0) is 24.9. The van der Waals surface area contributed by atoms with Crippen molar-refractivity contribution in [3.63, 3.8) is 0 Å². The highest BCUT2D eigenvalue weighted by atomic mass is 15.3. The first-order chi connectivity index (χ1) is 18.4. The largest absolute Gasteiger partial charge is 0.340 e. The van der Waals surface area contributed by atoms with Crippen LogP contribution in [0, 0.1) is 0 Å². The molecule has 3 nitrogen and oxygen atoms in total. The Kier molecular flexibility index (Phi) is 7.16. The second kappa shape index (κ2) is 11.2. The second-order valence-corrected chi connectivity index (χ2v) is 10.1. The van der Waals surface area contributed by atoms with Gasteiger partial charge in [-0.25, -0.2) is 0 Å². The smallest absolute Gasteiger partial charge is 0.0602 e. The minimum absolute atomic E-state index is 0.323. The molecule has 0 radical (unpaired) electrons. The van der Waals surface area contributed by atoms with Crippen molar-refractivity contribution >= 4 is 10.9 Å². The Labute approximate surface area is 220 Å². The Hall–Kier alpha value is -3.66. The van der Waals surface area contributed by atoms with Gasteiger partial charge in [0.25, 0.3) is 0 Å². The zero-order valence-electron chi connectivity index (χ0n) is 21.4. The molecule has 186 valence electrons. The van der Waals surface area contributed by atoms with Crippen molar-refractivity contribution in [2.24, 2.45) is 0 Å². The Morgan fingerprint density at radius 1 is 0.568 bits per heavy atom. The fourth-order valence-corrected chi connectivity index (χ4v) is 5.88. The number of aromatic nitrogens is 1. The van der Waals surface area contributed by atoms with E-state index in [1.54, 1.807) is 0 Å². The molecule has 1 aliphatic heterocycles. The molecule has 0 unspecified atom stereocenters. The molecule has 0 spiro atoms. The van der Waals surface area contributed by atoms with Crippen LogP contribution in [0.2, 0.25) is 0 Å². The highest BCUT2D eigenvalue weighted by Gasteiger charge is 2.26. The molecule has 0 atom stereocenters. The number of benzene rings is 4. The van der Waals surface area contributed by atoms with Gasteiger partial charge in [-0.05, 0) is 41.8 Å². The third-order valence-corrected chi connectivity index (χ3v) is 7.74. The molecule has 2 heterocycles. The Bertz CT molecular complexity index is 1360. The lowest BCUT2D eigenvalue weighted by Gasteiger charge is -2.40. The summed E-state index contributed by atoms with van der Waals surface area (Å²) in [6, 6.07) is 44.2. The van der Waals surface area contributed by atoms with E-state index >= 15 is 0 Å². The summed E-state index contributed by atoms with van der Waals surface area (Å²) in [6.07, 6.45) is 1.15. The molecule has 1 aromatic heterocycles. The normalized spacial score (nSPS) is 14.9. The number of hydrogen-bond donors (Lipinski definition) is 0. The molecule has 1 aliphatic rings. The van der Waals surface area contributed by atoms with Gasteiger partial charge in [0.05, 0.1) is 6.04 Å². The summed E-state index contributed by atoms with van der Waals surface area (Å²) < 4.78 is 2.52. The first-order valence-electron chi connectivity index (χ1n) is 13.6. The minimum Gasteiger partial charge on any atom is -0.340 e. The number of piperazine rings is 1. The van der Waals surface area contributed by atoms with Crippen LogP contribution in [0.3, 0.4) is 0 Å². The van der Waals surface area contributed by atoms with Crippen LogP contribution in [0.4, 0.5) is 0 Å². The Balaban J connectivity index is 1.12. The van der Waals surface area contributed by atoms with E-state index in [1.807, 2.05) is 0 Å². The summed E-state index contributed by atoms with van der Waals surface area (Å²) in [5.74, 6) is 0. The molecule has 37 heavy (non-hydrogen) atoms. The number of fused-ring (bicyclic) bond motifs is 1. The molecule has 3 heteroatoms. The molecular weight excluding hydrogens is 450 g/mol. The van der Waals surface area contributed by atoms with E-state index in [-0.39, 0.29) is 0 Å². The van der Waals surface area contributed by atoms with Gasteiger partial charge >= 0.3 is 0 Å². The lowest BCUT2D eigenvalue weighted by atomic mass is 9.96. The summed E-state index contributed by atoms with van der Waals surface area (Å²) >= 11 is 0. The van der Waals surface area contributed by atoms with E-state index in [0.717, 1.165) is 45.7 Å². The molecular formula is C34H35N3. The van der Waals surface area contributed by atoms with Gasteiger partial charge < -0.3 is 9.47 Å². The van der Waals surface area contributed by atoms with Crippen molar-refractivity contribution in [3.05, 3.63) is 132 Å². The number of hydrogen-bond acceptors (Lipinski definition) is 2. The minimum atomic E-state index is 0.323.